The van der Waals surface area contributed by atoms with Gasteiger partial charge in [0.15, 0.2) is 0 Å². The first-order valence-electron chi connectivity index (χ1n) is 12.3. The monoisotopic (exact) mass is 457 g/mol. The minimum atomic E-state index is -0.741. The lowest BCUT2D eigenvalue weighted by molar-refractivity contribution is -0.131. The number of likely N-dealkylation sites (tertiary alicyclic amines) is 1. The maximum Gasteiger partial charge on any atom is 0.494 e. The Bertz CT molecular complexity index is 811. The van der Waals surface area contributed by atoms with Crippen LogP contribution in [0, 0.1) is 0 Å². The van der Waals surface area contributed by atoms with Gasteiger partial charge in [-0.1, -0.05) is 44.0 Å². The van der Waals surface area contributed by atoms with Crippen molar-refractivity contribution < 1.29 is 18.9 Å². The summed E-state index contributed by atoms with van der Waals surface area (Å²) in [6.07, 6.45) is 5.48. The zero-order chi connectivity index (χ0) is 24.2. The second-order valence-electron chi connectivity index (χ2n) is 10.4. The van der Waals surface area contributed by atoms with Gasteiger partial charge in [-0.15, -0.1) is 0 Å². The fourth-order valence-electron chi connectivity index (χ4n) is 4.43. The number of carbonyl (C=O) groups is 2. The molecule has 0 spiro atoms. The molecule has 8 heteroatoms. The van der Waals surface area contributed by atoms with E-state index in [0.717, 1.165) is 56.2 Å². The largest absolute Gasteiger partial charge is 0.494 e. The van der Waals surface area contributed by atoms with Crippen LogP contribution in [0.1, 0.15) is 72.3 Å². The fourth-order valence-corrected chi connectivity index (χ4v) is 4.43. The van der Waals surface area contributed by atoms with Crippen LogP contribution in [-0.2, 0) is 25.3 Å². The number of primary amides is 1. The molecule has 2 amide bonds. The third kappa shape index (κ3) is 6.17. The molecule has 7 nitrogen and oxygen atoms in total. The van der Waals surface area contributed by atoms with Gasteiger partial charge in [0.05, 0.1) is 17.2 Å². The first-order valence-corrected chi connectivity index (χ1v) is 12.3. The van der Waals surface area contributed by atoms with E-state index in [1.807, 2.05) is 52.0 Å². The number of nitrogens with two attached hydrogens (primary N) is 1. The number of hydrogen-bond acceptors (Lipinski definition) is 5. The van der Waals surface area contributed by atoms with Gasteiger partial charge in [0.25, 0.3) is 0 Å². The molecular formula is C25H40BN3O4. The molecule has 182 valence electrons. The lowest BCUT2D eigenvalue weighted by Gasteiger charge is -2.35. The molecule has 2 aliphatic rings. The van der Waals surface area contributed by atoms with Crippen molar-refractivity contribution in [2.45, 2.75) is 96.4 Å². The summed E-state index contributed by atoms with van der Waals surface area (Å²) in [5.74, 6) is -0.613. The molecular weight excluding hydrogens is 417 g/mol. The summed E-state index contributed by atoms with van der Waals surface area (Å²) < 4.78 is 12.2. The van der Waals surface area contributed by atoms with E-state index in [1.54, 1.807) is 0 Å². The Morgan fingerprint density at radius 2 is 1.79 bits per heavy atom. The van der Waals surface area contributed by atoms with Crippen LogP contribution in [0.2, 0.25) is 0 Å². The lowest BCUT2D eigenvalue weighted by atomic mass is 9.78. The van der Waals surface area contributed by atoms with Crippen molar-refractivity contribution in [2.24, 2.45) is 5.73 Å². The molecule has 2 aliphatic heterocycles. The maximum atomic E-state index is 13.0. The van der Waals surface area contributed by atoms with Gasteiger partial charge < -0.3 is 20.4 Å². The molecule has 2 heterocycles. The Morgan fingerprint density at radius 1 is 1.15 bits per heavy atom. The van der Waals surface area contributed by atoms with Gasteiger partial charge in [0.1, 0.15) is 6.04 Å². The predicted octanol–water partition coefficient (Wildman–Crippen LogP) is 2.15. The molecule has 1 unspecified atom stereocenters. The number of unbranched alkanes of at least 4 members (excludes halogenated alkanes) is 1. The molecule has 0 saturated carbocycles. The Labute approximate surface area is 198 Å². The van der Waals surface area contributed by atoms with E-state index in [0.29, 0.717) is 6.42 Å². The van der Waals surface area contributed by atoms with Crippen molar-refractivity contribution in [3.63, 3.8) is 0 Å². The van der Waals surface area contributed by atoms with E-state index < -0.39 is 30.3 Å². The summed E-state index contributed by atoms with van der Waals surface area (Å²) in [5.41, 5.74) is 6.70. The second-order valence-corrected chi connectivity index (χ2v) is 10.4. The Hall–Kier alpha value is -1.90. The molecule has 1 aromatic carbocycles. The SMILES string of the molecule is CCCCN1CCCCC1C(=O)N[C@@H](Cc1ccc(B2OC(C)(C)C(C)(C)O2)cc1)C(N)=O. The Kier molecular flexibility index (Phi) is 8.24. The molecule has 0 bridgehead atoms. The van der Waals surface area contributed by atoms with E-state index >= 15 is 0 Å². The number of piperidine rings is 1. The van der Waals surface area contributed by atoms with E-state index in [-0.39, 0.29) is 11.9 Å². The molecule has 1 aromatic rings. The van der Waals surface area contributed by atoms with Crippen LogP contribution in [0.15, 0.2) is 24.3 Å². The van der Waals surface area contributed by atoms with Crippen molar-refractivity contribution in [1.82, 2.24) is 10.2 Å². The average Bonchev–Trinajstić information content (AvgIpc) is 2.99. The molecule has 2 saturated heterocycles. The van der Waals surface area contributed by atoms with E-state index in [2.05, 4.69) is 17.1 Å². The summed E-state index contributed by atoms with van der Waals surface area (Å²) in [5, 5.41) is 2.93. The number of carbonyl (C=O) groups excluding carboxylic acids is 2. The summed E-state index contributed by atoms with van der Waals surface area (Å²) in [7, 11) is -0.434. The Morgan fingerprint density at radius 3 is 2.36 bits per heavy atom. The number of rotatable bonds is 9. The van der Waals surface area contributed by atoms with Gasteiger partial charge in [-0.2, -0.15) is 0 Å². The standard InChI is InChI=1S/C25H40BN3O4/c1-6-7-15-29-16-9-8-10-21(29)23(31)28-20(22(27)30)17-18-11-13-19(14-12-18)26-32-24(2,3)25(4,5)33-26/h11-14,20-21H,6-10,15-17H2,1-5H3,(H2,27,30)(H,28,31)/t20-,21?/m0/s1. The highest BCUT2D eigenvalue weighted by atomic mass is 16.7. The van der Waals surface area contributed by atoms with Crippen molar-refractivity contribution in [3.05, 3.63) is 29.8 Å². The first kappa shape index (κ1) is 25.7. The van der Waals surface area contributed by atoms with Gasteiger partial charge >= 0.3 is 7.12 Å². The number of amides is 2. The molecule has 0 aliphatic carbocycles. The minimum Gasteiger partial charge on any atom is -0.399 e. The van der Waals surface area contributed by atoms with Crippen LogP contribution in [0.4, 0.5) is 0 Å². The van der Waals surface area contributed by atoms with Crippen molar-refractivity contribution in [1.29, 1.82) is 0 Å². The molecule has 2 atom stereocenters. The number of hydrogen-bond donors (Lipinski definition) is 2. The highest BCUT2D eigenvalue weighted by Gasteiger charge is 2.51. The van der Waals surface area contributed by atoms with Crippen LogP contribution in [-0.4, -0.2) is 60.2 Å². The normalized spacial score (nSPS) is 23.3. The third-order valence-electron chi connectivity index (χ3n) is 7.32. The van der Waals surface area contributed by atoms with Crippen LogP contribution in [0.25, 0.3) is 0 Å². The molecule has 2 fully saturated rings. The number of benzene rings is 1. The van der Waals surface area contributed by atoms with Crippen LogP contribution in [0.3, 0.4) is 0 Å². The highest BCUT2D eigenvalue weighted by Crippen LogP contribution is 2.36. The quantitative estimate of drug-likeness (QED) is 0.555. The maximum absolute atomic E-state index is 13.0. The summed E-state index contributed by atoms with van der Waals surface area (Å²) in [6, 6.07) is 6.86. The topological polar surface area (TPSA) is 93.9 Å². The average molecular weight is 457 g/mol. The summed E-state index contributed by atoms with van der Waals surface area (Å²) >= 11 is 0. The summed E-state index contributed by atoms with van der Waals surface area (Å²) in [6.45, 7) is 12.1. The summed E-state index contributed by atoms with van der Waals surface area (Å²) in [4.78, 5) is 27.4. The number of nitrogens with one attached hydrogen (secondary N) is 1. The molecule has 3 N–H and O–H groups in total. The zero-order valence-corrected chi connectivity index (χ0v) is 20.9. The van der Waals surface area contributed by atoms with Crippen LogP contribution in [0.5, 0.6) is 0 Å². The van der Waals surface area contributed by atoms with Gasteiger partial charge in [-0.25, -0.2) is 0 Å². The van der Waals surface area contributed by atoms with E-state index in [9.17, 15) is 9.59 Å². The van der Waals surface area contributed by atoms with Crippen molar-refractivity contribution in [3.8, 4) is 0 Å². The van der Waals surface area contributed by atoms with Gasteiger partial charge in [0, 0.05) is 6.42 Å². The Balaban J connectivity index is 1.63. The number of nitrogens with zero attached hydrogens (tertiary/aromatic N) is 1. The zero-order valence-electron chi connectivity index (χ0n) is 20.9. The predicted molar refractivity (Wildman–Crippen MR) is 131 cm³/mol. The highest BCUT2D eigenvalue weighted by molar-refractivity contribution is 6.62. The third-order valence-corrected chi connectivity index (χ3v) is 7.32. The molecule has 0 radical (unpaired) electrons. The van der Waals surface area contributed by atoms with Gasteiger partial charge in [-0.3, -0.25) is 14.5 Å². The second kappa shape index (κ2) is 10.6. The van der Waals surface area contributed by atoms with Crippen molar-refractivity contribution in [2.75, 3.05) is 13.1 Å². The first-order chi connectivity index (χ1) is 15.5. The van der Waals surface area contributed by atoms with Gasteiger partial charge in [-0.05, 0) is 71.1 Å². The van der Waals surface area contributed by atoms with E-state index in [4.69, 9.17) is 15.0 Å². The van der Waals surface area contributed by atoms with E-state index in [1.165, 1.54) is 0 Å². The molecule has 33 heavy (non-hydrogen) atoms. The fraction of sp³-hybridized carbons (Fsp3) is 0.680. The van der Waals surface area contributed by atoms with Crippen LogP contribution < -0.4 is 16.5 Å². The molecule has 3 rings (SSSR count). The smallest absolute Gasteiger partial charge is 0.399 e. The molecule has 0 aromatic heterocycles. The van der Waals surface area contributed by atoms with Gasteiger partial charge in [0.2, 0.25) is 11.8 Å². The van der Waals surface area contributed by atoms with Crippen molar-refractivity contribution >= 4 is 24.4 Å². The minimum absolute atomic E-state index is 0.0940. The lowest BCUT2D eigenvalue weighted by Crippen LogP contribution is -2.55. The van der Waals surface area contributed by atoms with Crippen LogP contribution >= 0.6 is 0 Å².